The molecule has 1 aromatic rings. The number of hydrogen-bond donors (Lipinski definition) is 1. The van der Waals surface area contributed by atoms with Crippen molar-refractivity contribution in [3.63, 3.8) is 0 Å². The summed E-state index contributed by atoms with van der Waals surface area (Å²) in [5.74, 6) is -0.440. The van der Waals surface area contributed by atoms with E-state index in [9.17, 15) is 15.1 Å². The average Bonchev–Trinajstić information content (AvgIpc) is 2.69. The summed E-state index contributed by atoms with van der Waals surface area (Å²) in [6, 6.07) is 5.94. The summed E-state index contributed by atoms with van der Waals surface area (Å²) in [5, 5.41) is 24.2. The number of ketones is 1. The first-order valence-electron chi connectivity index (χ1n) is 10.4. The smallest absolute Gasteiger partial charge is 0.190 e. The third kappa shape index (κ3) is 5.68. The molecule has 0 amide bonds. The van der Waals surface area contributed by atoms with Crippen molar-refractivity contribution in [1.82, 2.24) is 0 Å². The Bertz CT molecular complexity index is 817. The number of nitrogens with zero attached hydrogens (tertiary/aromatic N) is 1. The lowest BCUT2D eigenvalue weighted by molar-refractivity contribution is -0.140. The van der Waals surface area contributed by atoms with Gasteiger partial charge in [0.2, 0.25) is 0 Å². The van der Waals surface area contributed by atoms with E-state index in [2.05, 4.69) is 32.9 Å². The standard InChI is InChI=1S/C25H34NO3/c1-18(2)10-8-11-19(3)12-9-13-20(4)16-17-25(28)22-14-6-7-15-23(22)26(29)21(5)24(25)27/h6-7,10,12,14-16,21,28H,8-9,11,13,17H2,1-5H3/q-1. The second kappa shape index (κ2) is 10.0. The van der Waals surface area contributed by atoms with E-state index in [0.29, 0.717) is 16.3 Å². The molecule has 4 nitrogen and oxygen atoms in total. The highest BCUT2D eigenvalue weighted by atomic mass is 16.5. The second-order valence-electron chi connectivity index (χ2n) is 8.41. The topological polar surface area (TPSA) is 63.6 Å². The molecule has 0 aromatic heterocycles. The third-order valence-corrected chi connectivity index (χ3v) is 5.59. The molecule has 4 heteroatoms. The Morgan fingerprint density at radius 2 is 1.66 bits per heavy atom. The molecule has 2 rings (SSSR count). The van der Waals surface area contributed by atoms with Crippen LogP contribution in [0.3, 0.4) is 0 Å². The molecule has 0 fully saturated rings. The number of Topliss-reactive ketones (excluding diaryl/α,β-unsaturated/α-hetero) is 1. The van der Waals surface area contributed by atoms with Crippen LogP contribution in [0.15, 0.2) is 59.2 Å². The van der Waals surface area contributed by atoms with Gasteiger partial charge in [0, 0.05) is 17.7 Å². The lowest BCUT2D eigenvalue weighted by atomic mass is 9.79. The number of aliphatic hydroxyl groups is 1. The van der Waals surface area contributed by atoms with Crippen molar-refractivity contribution in [3.05, 3.63) is 70.0 Å². The SMILES string of the molecule is CC(C)=CCCC(C)=CCCC(C)=CCC1(O)C(=O)C(C)N([O-])c2ccccc21. The molecule has 1 aliphatic heterocycles. The number of carbonyl (C=O) groups excluding carboxylic acids is 1. The van der Waals surface area contributed by atoms with E-state index in [1.165, 1.54) is 11.1 Å². The van der Waals surface area contributed by atoms with Gasteiger partial charge in [-0.2, -0.15) is 0 Å². The van der Waals surface area contributed by atoms with Crippen LogP contribution in [0.1, 0.15) is 72.3 Å². The molecular formula is C25H34NO3-. The van der Waals surface area contributed by atoms with Gasteiger partial charge in [0.05, 0.1) is 6.04 Å². The van der Waals surface area contributed by atoms with E-state index in [0.717, 1.165) is 31.3 Å². The predicted molar refractivity (Wildman–Crippen MR) is 121 cm³/mol. The van der Waals surface area contributed by atoms with Crippen LogP contribution in [-0.2, 0) is 10.4 Å². The molecule has 1 N–H and O–H groups in total. The summed E-state index contributed by atoms with van der Waals surface area (Å²) in [6.45, 7) is 9.97. The largest absolute Gasteiger partial charge is 0.758 e. The molecule has 0 spiro atoms. The molecule has 158 valence electrons. The number of allylic oxidation sites excluding steroid dienone is 5. The Hall–Kier alpha value is -2.17. The first-order valence-corrected chi connectivity index (χ1v) is 10.4. The first-order chi connectivity index (χ1) is 13.7. The first kappa shape index (κ1) is 23.1. The highest BCUT2D eigenvalue weighted by Gasteiger charge is 2.45. The van der Waals surface area contributed by atoms with Crippen LogP contribution in [-0.4, -0.2) is 16.9 Å². The van der Waals surface area contributed by atoms with Crippen molar-refractivity contribution in [3.8, 4) is 0 Å². The van der Waals surface area contributed by atoms with Crippen LogP contribution in [0.5, 0.6) is 0 Å². The molecule has 29 heavy (non-hydrogen) atoms. The van der Waals surface area contributed by atoms with E-state index >= 15 is 0 Å². The maximum Gasteiger partial charge on any atom is 0.190 e. The van der Waals surface area contributed by atoms with Crippen LogP contribution in [0.4, 0.5) is 5.69 Å². The highest BCUT2D eigenvalue weighted by molar-refractivity contribution is 5.99. The number of hydroxylamine groups is 1. The van der Waals surface area contributed by atoms with Crippen molar-refractivity contribution in [1.29, 1.82) is 0 Å². The zero-order valence-corrected chi connectivity index (χ0v) is 18.4. The van der Waals surface area contributed by atoms with Gasteiger partial charge in [-0.15, -0.1) is 0 Å². The van der Waals surface area contributed by atoms with Gasteiger partial charge < -0.3 is 15.4 Å². The van der Waals surface area contributed by atoms with E-state index in [-0.39, 0.29) is 6.42 Å². The molecule has 0 bridgehead atoms. The fourth-order valence-electron chi connectivity index (χ4n) is 3.68. The third-order valence-electron chi connectivity index (χ3n) is 5.59. The maximum atomic E-state index is 12.7. The van der Waals surface area contributed by atoms with Crippen LogP contribution in [0, 0.1) is 5.21 Å². The van der Waals surface area contributed by atoms with Crippen molar-refractivity contribution >= 4 is 11.5 Å². The number of rotatable bonds is 8. The minimum absolute atomic E-state index is 0.191. The fourth-order valence-corrected chi connectivity index (χ4v) is 3.68. The molecular weight excluding hydrogens is 362 g/mol. The van der Waals surface area contributed by atoms with Gasteiger partial charge in [0.1, 0.15) is 0 Å². The number of anilines is 1. The lowest BCUT2D eigenvalue weighted by Gasteiger charge is -2.47. The van der Waals surface area contributed by atoms with Crippen molar-refractivity contribution in [2.45, 2.75) is 78.4 Å². The van der Waals surface area contributed by atoms with Gasteiger partial charge in [0.15, 0.2) is 11.4 Å². The Kier molecular flexibility index (Phi) is 8.00. The summed E-state index contributed by atoms with van der Waals surface area (Å²) in [6.07, 6.45) is 10.6. The Balaban J connectivity index is 2.03. The van der Waals surface area contributed by atoms with Gasteiger partial charge in [-0.05, 0) is 66.4 Å². The Labute approximate surface area is 175 Å². The molecule has 1 heterocycles. The van der Waals surface area contributed by atoms with E-state index < -0.39 is 17.4 Å². The van der Waals surface area contributed by atoms with E-state index in [1.807, 2.05) is 13.0 Å². The Morgan fingerprint density at radius 3 is 2.31 bits per heavy atom. The average molecular weight is 397 g/mol. The number of benzene rings is 1. The molecule has 1 aromatic carbocycles. The van der Waals surface area contributed by atoms with Gasteiger partial charge in [-0.25, -0.2) is 0 Å². The van der Waals surface area contributed by atoms with Gasteiger partial charge in [-0.3, -0.25) is 4.79 Å². The number of carbonyl (C=O) groups is 1. The minimum Gasteiger partial charge on any atom is -0.758 e. The number of fused-ring (bicyclic) bond motifs is 1. The summed E-state index contributed by atoms with van der Waals surface area (Å²) < 4.78 is 0. The summed E-state index contributed by atoms with van der Waals surface area (Å²) in [5.41, 5.74) is 3.00. The molecule has 2 unspecified atom stereocenters. The monoisotopic (exact) mass is 396 g/mol. The van der Waals surface area contributed by atoms with Gasteiger partial charge in [0.25, 0.3) is 0 Å². The van der Waals surface area contributed by atoms with Crippen molar-refractivity contribution < 1.29 is 9.90 Å². The van der Waals surface area contributed by atoms with Crippen LogP contribution >= 0.6 is 0 Å². The fraction of sp³-hybridized carbons (Fsp3) is 0.480. The van der Waals surface area contributed by atoms with E-state index in [4.69, 9.17) is 0 Å². The maximum absolute atomic E-state index is 12.7. The predicted octanol–water partition coefficient (Wildman–Crippen LogP) is 5.96. The molecule has 0 saturated carbocycles. The molecule has 0 aliphatic carbocycles. The van der Waals surface area contributed by atoms with Gasteiger partial charge >= 0.3 is 0 Å². The second-order valence-corrected chi connectivity index (χ2v) is 8.41. The van der Waals surface area contributed by atoms with E-state index in [1.54, 1.807) is 31.2 Å². The number of hydrogen-bond acceptors (Lipinski definition) is 4. The summed E-state index contributed by atoms with van der Waals surface area (Å²) in [7, 11) is 0. The van der Waals surface area contributed by atoms with Crippen LogP contribution < -0.4 is 5.06 Å². The highest BCUT2D eigenvalue weighted by Crippen LogP contribution is 2.41. The summed E-state index contributed by atoms with van der Waals surface area (Å²) in [4.78, 5) is 12.7. The quantitative estimate of drug-likeness (QED) is 0.551. The van der Waals surface area contributed by atoms with Gasteiger partial charge in [-0.1, -0.05) is 53.1 Å². The molecule has 1 aliphatic rings. The van der Waals surface area contributed by atoms with Crippen molar-refractivity contribution in [2.24, 2.45) is 0 Å². The van der Waals surface area contributed by atoms with Crippen LogP contribution in [0.25, 0.3) is 0 Å². The lowest BCUT2D eigenvalue weighted by Crippen LogP contribution is -2.52. The summed E-state index contributed by atoms with van der Waals surface area (Å²) >= 11 is 0. The van der Waals surface area contributed by atoms with Crippen LogP contribution in [0.2, 0.25) is 0 Å². The van der Waals surface area contributed by atoms with Crippen molar-refractivity contribution in [2.75, 3.05) is 5.06 Å². The molecule has 2 atom stereocenters. The zero-order valence-electron chi connectivity index (χ0n) is 18.4. The zero-order chi connectivity index (χ0) is 21.6. The normalized spacial score (nSPS) is 22.5. The Morgan fingerprint density at radius 1 is 1.07 bits per heavy atom. The molecule has 0 saturated heterocycles. The number of para-hydroxylation sites is 1. The molecule has 0 radical (unpaired) electrons. The minimum atomic E-state index is -1.64.